The Morgan fingerprint density at radius 1 is 1.35 bits per heavy atom. The summed E-state index contributed by atoms with van der Waals surface area (Å²) < 4.78 is 5.41. The van der Waals surface area contributed by atoms with E-state index >= 15 is 0 Å². The molecule has 84 valence electrons. The van der Waals surface area contributed by atoms with Crippen LogP contribution in [0.4, 0.5) is 5.69 Å². The van der Waals surface area contributed by atoms with Crippen molar-refractivity contribution in [1.29, 1.82) is 5.26 Å². The van der Waals surface area contributed by atoms with Gasteiger partial charge < -0.3 is 10.5 Å². The highest BCUT2D eigenvalue weighted by Crippen LogP contribution is 2.25. The zero-order valence-electron chi connectivity index (χ0n) is 9.21. The fourth-order valence-electron chi connectivity index (χ4n) is 1.31. The van der Waals surface area contributed by atoms with E-state index < -0.39 is 0 Å². The van der Waals surface area contributed by atoms with Crippen molar-refractivity contribution in [3.8, 4) is 17.8 Å². The second-order valence-electron chi connectivity index (χ2n) is 3.48. The number of rotatable bonds is 2. The monoisotopic (exact) mass is 226 g/mol. The number of aryl methyl sites for hydroxylation is 1. The number of hydrogen-bond donors (Lipinski definition) is 1. The SMILES string of the molecule is Cc1ccc(Oc2nccc(C#N)n2)c(N)c1. The molecular formula is C12H10N4O. The largest absolute Gasteiger partial charge is 0.422 e. The van der Waals surface area contributed by atoms with Crippen molar-refractivity contribution in [2.45, 2.75) is 6.92 Å². The average molecular weight is 226 g/mol. The number of anilines is 1. The Balaban J connectivity index is 2.28. The van der Waals surface area contributed by atoms with E-state index in [9.17, 15) is 0 Å². The third-order valence-electron chi connectivity index (χ3n) is 2.11. The maximum Gasteiger partial charge on any atom is 0.323 e. The third-order valence-corrected chi connectivity index (χ3v) is 2.11. The molecule has 2 aromatic rings. The molecule has 1 aromatic heterocycles. The number of nitrogens with zero attached hydrogens (tertiary/aromatic N) is 3. The second-order valence-corrected chi connectivity index (χ2v) is 3.48. The summed E-state index contributed by atoms with van der Waals surface area (Å²) in [5, 5.41) is 8.70. The van der Waals surface area contributed by atoms with Crippen molar-refractivity contribution in [1.82, 2.24) is 9.97 Å². The first-order valence-electron chi connectivity index (χ1n) is 4.96. The van der Waals surface area contributed by atoms with E-state index in [4.69, 9.17) is 15.7 Å². The third kappa shape index (κ3) is 2.49. The quantitative estimate of drug-likeness (QED) is 0.792. The smallest absolute Gasteiger partial charge is 0.323 e. The standard InChI is InChI=1S/C12H10N4O/c1-8-2-3-11(10(14)6-8)17-12-15-5-4-9(7-13)16-12/h2-6H,14H2,1H3. The first kappa shape index (κ1) is 10.9. The van der Waals surface area contributed by atoms with Gasteiger partial charge in [0.1, 0.15) is 11.8 Å². The van der Waals surface area contributed by atoms with Gasteiger partial charge in [0.05, 0.1) is 5.69 Å². The van der Waals surface area contributed by atoms with Crippen LogP contribution >= 0.6 is 0 Å². The van der Waals surface area contributed by atoms with Crippen LogP contribution in [0.25, 0.3) is 0 Å². The van der Waals surface area contributed by atoms with Crippen LogP contribution in [-0.2, 0) is 0 Å². The number of benzene rings is 1. The number of hydrogen-bond acceptors (Lipinski definition) is 5. The summed E-state index contributed by atoms with van der Waals surface area (Å²) in [6.07, 6.45) is 1.46. The highest BCUT2D eigenvalue weighted by molar-refractivity contribution is 5.54. The van der Waals surface area contributed by atoms with E-state index in [0.717, 1.165) is 5.56 Å². The highest BCUT2D eigenvalue weighted by atomic mass is 16.5. The van der Waals surface area contributed by atoms with Crippen LogP contribution in [0, 0.1) is 18.3 Å². The van der Waals surface area contributed by atoms with E-state index in [1.165, 1.54) is 12.3 Å². The van der Waals surface area contributed by atoms with Gasteiger partial charge in [0.2, 0.25) is 0 Å². The minimum absolute atomic E-state index is 0.111. The van der Waals surface area contributed by atoms with Crippen LogP contribution < -0.4 is 10.5 Å². The Bertz CT molecular complexity index is 589. The molecule has 2 rings (SSSR count). The van der Waals surface area contributed by atoms with E-state index in [1.54, 1.807) is 12.1 Å². The first-order valence-corrected chi connectivity index (χ1v) is 4.96. The van der Waals surface area contributed by atoms with Gasteiger partial charge in [0.15, 0.2) is 5.75 Å². The molecule has 5 nitrogen and oxygen atoms in total. The fraction of sp³-hybridized carbons (Fsp3) is 0.0833. The summed E-state index contributed by atoms with van der Waals surface area (Å²) in [6, 6.07) is 8.94. The van der Waals surface area contributed by atoms with Gasteiger partial charge in [-0.2, -0.15) is 10.2 Å². The van der Waals surface area contributed by atoms with Crippen LogP contribution in [0.1, 0.15) is 11.3 Å². The fourth-order valence-corrected chi connectivity index (χ4v) is 1.31. The molecule has 1 aromatic carbocycles. The number of nitrogens with two attached hydrogens (primary N) is 1. The number of aromatic nitrogens is 2. The number of nitriles is 1. The van der Waals surface area contributed by atoms with E-state index in [2.05, 4.69) is 9.97 Å². The molecule has 0 atom stereocenters. The van der Waals surface area contributed by atoms with Gasteiger partial charge in [-0.25, -0.2) is 4.98 Å². The normalized spacial score (nSPS) is 9.65. The molecule has 17 heavy (non-hydrogen) atoms. The summed E-state index contributed by atoms with van der Waals surface area (Å²) >= 11 is 0. The number of ether oxygens (including phenoxy) is 1. The van der Waals surface area contributed by atoms with Gasteiger partial charge in [-0.15, -0.1) is 0 Å². The summed E-state index contributed by atoms with van der Waals surface area (Å²) in [7, 11) is 0. The Kier molecular flexibility index (Phi) is 2.88. The Hall–Kier alpha value is -2.61. The first-order chi connectivity index (χ1) is 8.19. The Labute approximate surface area is 98.5 Å². The molecule has 0 spiro atoms. The van der Waals surface area contributed by atoms with E-state index in [0.29, 0.717) is 11.4 Å². The molecule has 0 saturated carbocycles. The topological polar surface area (TPSA) is 84.8 Å². The Morgan fingerprint density at radius 3 is 2.88 bits per heavy atom. The van der Waals surface area contributed by atoms with Crippen LogP contribution in [0.15, 0.2) is 30.5 Å². The van der Waals surface area contributed by atoms with Crippen LogP contribution in [0.2, 0.25) is 0 Å². The van der Waals surface area contributed by atoms with Crippen molar-refractivity contribution in [3.63, 3.8) is 0 Å². The van der Waals surface area contributed by atoms with Gasteiger partial charge in [0.25, 0.3) is 0 Å². The molecule has 0 fully saturated rings. The van der Waals surface area contributed by atoms with Crippen molar-refractivity contribution in [2.75, 3.05) is 5.73 Å². The van der Waals surface area contributed by atoms with Crippen LogP contribution in [0.3, 0.4) is 0 Å². The average Bonchev–Trinajstić information content (AvgIpc) is 2.33. The molecule has 0 aliphatic carbocycles. The maximum atomic E-state index is 8.70. The molecule has 0 aliphatic rings. The minimum Gasteiger partial charge on any atom is -0.422 e. The molecule has 1 heterocycles. The Morgan fingerprint density at radius 2 is 2.18 bits per heavy atom. The molecule has 0 bridgehead atoms. The molecule has 0 aliphatic heterocycles. The lowest BCUT2D eigenvalue weighted by Gasteiger charge is -2.06. The molecular weight excluding hydrogens is 216 g/mol. The molecule has 0 amide bonds. The lowest BCUT2D eigenvalue weighted by molar-refractivity contribution is 0.443. The summed E-state index contributed by atoms with van der Waals surface area (Å²) in [4.78, 5) is 7.81. The van der Waals surface area contributed by atoms with Gasteiger partial charge in [-0.05, 0) is 30.7 Å². The van der Waals surface area contributed by atoms with Gasteiger partial charge in [-0.3, -0.25) is 0 Å². The molecule has 5 heteroatoms. The lowest BCUT2D eigenvalue weighted by Crippen LogP contribution is -1.97. The zero-order valence-corrected chi connectivity index (χ0v) is 9.21. The second kappa shape index (κ2) is 4.49. The van der Waals surface area contributed by atoms with Crippen molar-refractivity contribution >= 4 is 5.69 Å². The molecule has 0 unspecified atom stereocenters. The predicted molar refractivity (Wildman–Crippen MR) is 62.4 cm³/mol. The van der Waals surface area contributed by atoms with Crippen LogP contribution in [0.5, 0.6) is 11.8 Å². The van der Waals surface area contributed by atoms with Crippen molar-refractivity contribution in [2.24, 2.45) is 0 Å². The molecule has 0 radical (unpaired) electrons. The highest BCUT2D eigenvalue weighted by Gasteiger charge is 2.05. The zero-order chi connectivity index (χ0) is 12.3. The van der Waals surface area contributed by atoms with E-state index in [1.807, 2.05) is 19.1 Å². The molecule has 0 saturated heterocycles. The van der Waals surface area contributed by atoms with Gasteiger partial charge in [0, 0.05) is 6.20 Å². The lowest BCUT2D eigenvalue weighted by atomic mass is 10.2. The minimum atomic E-state index is 0.111. The van der Waals surface area contributed by atoms with Crippen molar-refractivity contribution in [3.05, 3.63) is 41.7 Å². The van der Waals surface area contributed by atoms with Gasteiger partial charge >= 0.3 is 6.01 Å². The van der Waals surface area contributed by atoms with Crippen LogP contribution in [-0.4, -0.2) is 9.97 Å². The summed E-state index contributed by atoms with van der Waals surface area (Å²) in [6.45, 7) is 1.94. The van der Waals surface area contributed by atoms with E-state index in [-0.39, 0.29) is 11.7 Å². The maximum absolute atomic E-state index is 8.70. The van der Waals surface area contributed by atoms with Crippen molar-refractivity contribution < 1.29 is 4.74 Å². The summed E-state index contributed by atoms with van der Waals surface area (Å²) in [5.41, 5.74) is 7.60. The summed E-state index contributed by atoms with van der Waals surface area (Å²) in [5.74, 6) is 0.477. The predicted octanol–water partition coefficient (Wildman–Crippen LogP) is 2.03. The molecule has 2 N–H and O–H groups in total. The number of nitrogen functional groups attached to an aromatic ring is 1. The van der Waals surface area contributed by atoms with Gasteiger partial charge in [-0.1, -0.05) is 6.07 Å².